The first-order chi connectivity index (χ1) is 12.3. The van der Waals surface area contributed by atoms with E-state index >= 15 is 0 Å². The number of nitrogens with zero attached hydrogens (tertiary/aromatic N) is 4. The summed E-state index contributed by atoms with van der Waals surface area (Å²) in [7, 11) is 3.54. The summed E-state index contributed by atoms with van der Waals surface area (Å²) in [5, 5.41) is 11.7. The van der Waals surface area contributed by atoms with Crippen LogP contribution in [0.25, 0.3) is 0 Å². The summed E-state index contributed by atoms with van der Waals surface area (Å²) in [6.45, 7) is 2.38. The fraction of sp³-hybridized carbons (Fsp3) is 0.833. The monoisotopic (exact) mass is 346 g/mol. The highest BCUT2D eigenvalue weighted by molar-refractivity contribution is 5.80. The lowest BCUT2D eigenvalue weighted by Crippen LogP contribution is -2.48. The van der Waals surface area contributed by atoms with E-state index in [0.29, 0.717) is 12.6 Å². The third-order valence-corrected chi connectivity index (χ3v) is 5.70. The fourth-order valence-corrected chi connectivity index (χ4v) is 4.04. The van der Waals surface area contributed by atoms with Gasteiger partial charge in [-0.05, 0) is 49.9 Å². The number of nitrogens with one attached hydrogen (secondary N) is 2. The molecule has 0 aromatic carbocycles. The van der Waals surface area contributed by atoms with Gasteiger partial charge in [-0.25, -0.2) is 9.67 Å². The van der Waals surface area contributed by atoms with Crippen LogP contribution < -0.4 is 10.6 Å². The SMILES string of the molecule is CN=C(NCC(C1CC1)C1CC1)NC1CCc2nc(COC)nn2C1. The first-order valence-corrected chi connectivity index (χ1v) is 9.65. The smallest absolute Gasteiger partial charge is 0.191 e. The summed E-state index contributed by atoms with van der Waals surface area (Å²) >= 11 is 0. The Morgan fingerprint density at radius 3 is 2.68 bits per heavy atom. The van der Waals surface area contributed by atoms with E-state index in [1.54, 1.807) is 7.11 Å². The average molecular weight is 346 g/mol. The van der Waals surface area contributed by atoms with Crippen molar-refractivity contribution in [3.8, 4) is 0 Å². The van der Waals surface area contributed by atoms with Gasteiger partial charge < -0.3 is 15.4 Å². The van der Waals surface area contributed by atoms with E-state index < -0.39 is 0 Å². The van der Waals surface area contributed by atoms with Crippen LogP contribution in [0.3, 0.4) is 0 Å². The maximum atomic E-state index is 5.13. The van der Waals surface area contributed by atoms with E-state index in [1.165, 1.54) is 25.7 Å². The molecule has 25 heavy (non-hydrogen) atoms. The van der Waals surface area contributed by atoms with Crippen LogP contribution in [0.5, 0.6) is 0 Å². The zero-order valence-corrected chi connectivity index (χ0v) is 15.4. The molecule has 2 fully saturated rings. The van der Waals surface area contributed by atoms with Gasteiger partial charge in [-0.15, -0.1) is 0 Å². The summed E-state index contributed by atoms with van der Waals surface area (Å²) in [4.78, 5) is 8.97. The Hall–Kier alpha value is -1.63. The number of hydrogen-bond acceptors (Lipinski definition) is 4. The fourth-order valence-electron chi connectivity index (χ4n) is 4.04. The minimum Gasteiger partial charge on any atom is -0.377 e. The molecule has 1 unspecified atom stereocenters. The van der Waals surface area contributed by atoms with Crippen molar-refractivity contribution in [3.05, 3.63) is 11.6 Å². The standard InChI is InChI=1S/C18H30N6O/c1-19-18(20-9-15(12-3-4-12)13-5-6-13)21-14-7-8-17-22-16(11-25-2)23-24(17)10-14/h12-15H,3-11H2,1-2H3,(H2,19,20,21). The van der Waals surface area contributed by atoms with Crippen LogP contribution in [0.4, 0.5) is 0 Å². The second kappa shape index (κ2) is 7.32. The minimum atomic E-state index is 0.344. The second-order valence-electron chi connectivity index (χ2n) is 7.73. The third-order valence-electron chi connectivity index (χ3n) is 5.70. The lowest BCUT2D eigenvalue weighted by atomic mass is 9.98. The molecule has 2 saturated carbocycles. The molecule has 0 bridgehead atoms. The van der Waals surface area contributed by atoms with E-state index in [2.05, 4.69) is 25.7 Å². The highest BCUT2D eigenvalue weighted by Gasteiger charge is 2.41. The largest absolute Gasteiger partial charge is 0.377 e. The second-order valence-corrected chi connectivity index (χ2v) is 7.73. The van der Waals surface area contributed by atoms with Crippen LogP contribution >= 0.6 is 0 Å². The van der Waals surface area contributed by atoms with Crippen molar-refractivity contribution in [1.82, 2.24) is 25.4 Å². The van der Waals surface area contributed by atoms with Crippen LogP contribution in [0.1, 0.15) is 43.8 Å². The molecule has 3 aliphatic rings. The van der Waals surface area contributed by atoms with Crippen LogP contribution in [-0.2, 0) is 24.3 Å². The molecule has 138 valence electrons. The molecule has 0 amide bonds. The van der Waals surface area contributed by atoms with Gasteiger partial charge in [-0.1, -0.05) is 0 Å². The maximum Gasteiger partial charge on any atom is 0.191 e. The molecule has 2 heterocycles. The Balaban J connectivity index is 1.29. The number of methoxy groups -OCH3 is 1. The predicted molar refractivity (Wildman–Crippen MR) is 96.3 cm³/mol. The molecule has 7 heteroatoms. The minimum absolute atomic E-state index is 0.344. The molecule has 0 saturated heterocycles. The summed E-state index contributed by atoms with van der Waals surface area (Å²) in [6.07, 6.45) is 7.71. The highest BCUT2D eigenvalue weighted by atomic mass is 16.5. The van der Waals surface area contributed by atoms with Gasteiger partial charge in [0.2, 0.25) is 0 Å². The Morgan fingerprint density at radius 2 is 2.04 bits per heavy atom. The molecular formula is C18H30N6O. The molecule has 1 aliphatic heterocycles. The average Bonchev–Trinajstić information content (AvgIpc) is 3.53. The molecule has 1 atom stereocenters. The molecule has 4 rings (SSSR count). The normalized spacial score (nSPS) is 23.6. The third kappa shape index (κ3) is 4.14. The highest BCUT2D eigenvalue weighted by Crippen LogP contribution is 2.48. The molecule has 0 spiro atoms. The van der Waals surface area contributed by atoms with E-state index in [9.17, 15) is 0 Å². The molecule has 7 nitrogen and oxygen atoms in total. The zero-order valence-electron chi connectivity index (χ0n) is 15.4. The van der Waals surface area contributed by atoms with E-state index in [4.69, 9.17) is 4.74 Å². The number of fused-ring (bicyclic) bond motifs is 1. The Bertz CT molecular complexity index is 607. The van der Waals surface area contributed by atoms with Crippen LogP contribution in [0.15, 0.2) is 4.99 Å². The number of aromatic nitrogens is 3. The first kappa shape index (κ1) is 16.8. The predicted octanol–water partition coefficient (Wildman–Crippen LogP) is 1.34. The lowest BCUT2D eigenvalue weighted by Gasteiger charge is -2.26. The number of aliphatic imine (C=N–C) groups is 1. The van der Waals surface area contributed by atoms with Gasteiger partial charge in [0.05, 0.1) is 6.54 Å². The van der Waals surface area contributed by atoms with Crippen molar-refractivity contribution in [3.63, 3.8) is 0 Å². The van der Waals surface area contributed by atoms with Crippen molar-refractivity contribution in [2.75, 3.05) is 20.7 Å². The summed E-state index contributed by atoms with van der Waals surface area (Å²) < 4.78 is 7.15. The van der Waals surface area contributed by atoms with Gasteiger partial charge in [0.1, 0.15) is 12.4 Å². The van der Waals surface area contributed by atoms with Crippen molar-refractivity contribution < 1.29 is 4.74 Å². The van der Waals surface area contributed by atoms with Crippen molar-refractivity contribution in [2.24, 2.45) is 22.7 Å². The number of ether oxygens (including phenoxy) is 1. The zero-order chi connectivity index (χ0) is 17.2. The molecule has 0 radical (unpaired) electrons. The topological polar surface area (TPSA) is 76.4 Å². The first-order valence-electron chi connectivity index (χ1n) is 9.65. The van der Waals surface area contributed by atoms with Crippen LogP contribution in [0.2, 0.25) is 0 Å². The van der Waals surface area contributed by atoms with E-state index in [-0.39, 0.29) is 0 Å². The van der Waals surface area contributed by atoms with Crippen molar-refractivity contribution in [2.45, 2.75) is 57.7 Å². The Kier molecular flexibility index (Phi) is 4.92. The molecule has 1 aromatic heterocycles. The number of guanidine groups is 1. The van der Waals surface area contributed by atoms with Gasteiger partial charge in [0.25, 0.3) is 0 Å². The number of aryl methyl sites for hydroxylation is 1. The molecule has 2 aliphatic carbocycles. The van der Waals surface area contributed by atoms with Gasteiger partial charge >= 0.3 is 0 Å². The van der Waals surface area contributed by atoms with Gasteiger partial charge in [0.15, 0.2) is 11.8 Å². The summed E-state index contributed by atoms with van der Waals surface area (Å²) in [5.74, 6) is 5.54. The van der Waals surface area contributed by atoms with Gasteiger partial charge in [-0.2, -0.15) is 5.10 Å². The van der Waals surface area contributed by atoms with E-state index in [1.807, 2.05) is 11.7 Å². The van der Waals surface area contributed by atoms with Crippen molar-refractivity contribution in [1.29, 1.82) is 0 Å². The summed E-state index contributed by atoms with van der Waals surface area (Å²) in [6, 6.07) is 0.344. The number of rotatable bonds is 7. The van der Waals surface area contributed by atoms with E-state index in [0.717, 1.165) is 61.3 Å². The molecule has 2 N–H and O–H groups in total. The quantitative estimate of drug-likeness (QED) is 0.576. The molecule has 1 aromatic rings. The molecular weight excluding hydrogens is 316 g/mol. The maximum absolute atomic E-state index is 5.13. The lowest BCUT2D eigenvalue weighted by molar-refractivity contribution is 0.177. The van der Waals surface area contributed by atoms with Crippen LogP contribution in [-0.4, -0.2) is 47.5 Å². The summed E-state index contributed by atoms with van der Waals surface area (Å²) in [5.41, 5.74) is 0. The van der Waals surface area contributed by atoms with Crippen LogP contribution in [0, 0.1) is 17.8 Å². The number of hydrogen-bond donors (Lipinski definition) is 2. The van der Waals surface area contributed by atoms with Crippen molar-refractivity contribution >= 4 is 5.96 Å². The Morgan fingerprint density at radius 1 is 1.28 bits per heavy atom. The Labute approximate surface area is 149 Å². The van der Waals surface area contributed by atoms with Gasteiger partial charge in [-0.3, -0.25) is 4.99 Å². The van der Waals surface area contributed by atoms with Gasteiger partial charge in [0, 0.05) is 33.2 Å².